The van der Waals surface area contributed by atoms with Gasteiger partial charge in [0.15, 0.2) is 5.78 Å². The number of H-pyrrole nitrogens is 1. The Bertz CT molecular complexity index is 546. The molecule has 3 nitrogen and oxygen atoms in total. The van der Waals surface area contributed by atoms with Crippen LogP contribution in [0.3, 0.4) is 0 Å². The number of aromatic nitrogens is 2. The lowest BCUT2D eigenvalue weighted by atomic mass is 10.2. The summed E-state index contributed by atoms with van der Waals surface area (Å²) in [6, 6.07) is 6.32. The van der Waals surface area contributed by atoms with Crippen LogP contribution in [0.2, 0.25) is 0 Å². The lowest BCUT2D eigenvalue weighted by Crippen LogP contribution is -1.94. The minimum atomic E-state index is -0.355. The van der Waals surface area contributed by atoms with Gasteiger partial charge >= 0.3 is 0 Å². The van der Waals surface area contributed by atoms with Gasteiger partial charge in [-0.3, -0.25) is 4.79 Å². The SMILES string of the molecule is CC(=O)c1nc(-c2ccccc2F)[nH]c1C. The van der Waals surface area contributed by atoms with Crippen molar-refractivity contribution in [1.29, 1.82) is 0 Å². The van der Waals surface area contributed by atoms with Crippen LogP contribution in [0, 0.1) is 12.7 Å². The van der Waals surface area contributed by atoms with Crippen LogP contribution >= 0.6 is 0 Å². The summed E-state index contributed by atoms with van der Waals surface area (Å²) in [5, 5.41) is 0. The van der Waals surface area contributed by atoms with E-state index in [1.54, 1.807) is 25.1 Å². The standard InChI is InChI=1S/C12H11FN2O/c1-7-11(8(2)16)15-12(14-7)9-5-3-4-6-10(9)13/h3-6H,1-2H3,(H,14,15). The van der Waals surface area contributed by atoms with Crippen molar-refractivity contribution in [1.82, 2.24) is 9.97 Å². The van der Waals surface area contributed by atoms with Crippen molar-refractivity contribution in [3.8, 4) is 11.4 Å². The molecule has 0 unspecified atom stereocenters. The molecule has 0 amide bonds. The zero-order chi connectivity index (χ0) is 11.7. The van der Waals surface area contributed by atoms with E-state index < -0.39 is 0 Å². The Balaban J connectivity index is 2.54. The minimum Gasteiger partial charge on any atom is -0.341 e. The van der Waals surface area contributed by atoms with Crippen molar-refractivity contribution in [2.75, 3.05) is 0 Å². The third kappa shape index (κ3) is 1.74. The number of carbonyl (C=O) groups is 1. The first-order chi connectivity index (χ1) is 7.59. The number of benzene rings is 1. The van der Waals surface area contributed by atoms with Crippen LogP contribution in [0.4, 0.5) is 4.39 Å². The van der Waals surface area contributed by atoms with Crippen molar-refractivity contribution in [2.24, 2.45) is 0 Å². The third-order valence-electron chi connectivity index (χ3n) is 2.35. The molecule has 0 radical (unpaired) electrons. The van der Waals surface area contributed by atoms with E-state index in [2.05, 4.69) is 9.97 Å². The first-order valence-corrected chi connectivity index (χ1v) is 4.92. The van der Waals surface area contributed by atoms with Crippen molar-refractivity contribution in [3.05, 3.63) is 41.5 Å². The molecule has 82 valence electrons. The van der Waals surface area contributed by atoms with Gasteiger partial charge in [-0.05, 0) is 19.1 Å². The van der Waals surface area contributed by atoms with Gasteiger partial charge in [-0.1, -0.05) is 12.1 Å². The molecule has 0 aliphatic heterocycles. The van der Waals surface area contributed by atoms with Crippen LogP contribution < -0.4 is 0 Å². The Hall–Kier alpha value is -1.97. The second-order valence-corrected chi connectivity index (χ2v) is 3.60. The minimum absolute atomic E-state index is 0.128. The molecule has 2 rings (SSSR count). The van der Waals surface area contributed by atoms with E-state index in [0.717, 1.165) is 0 Å². The molecule has 0 fully saturated rings. The summed E-state index contributed by atoms with van der Waals surface area (Å²) in [6.07, 6.45) is 0. The molecule has 16 heavy (non-hydrogen) atoms. The van der Waals surface area contributed by atoms with Crippen LogP contribution in [-0.4, -0.2) is 15.8 Å². The second-order valence-electron chi connectivity index (χ2n) is 3.60. The van der Waals surface area contributed by atoms with Gasteiger partial charge < -0.3 is 4.98 Å². The topological polar surface area (TPSA) is 45.8 Å². The van der Waals surface area contributed by atoms with Crippen LogP contribution in [0.15, 0.2) is 24.3 Å². The van der Waals surface area contributed by atoms with Crippen molar-refractivity contribution >= 4 is 5.78 Å². The van der Waals surface area contributed by atoms with Gasteiger partial charge in [-0.2, -0.15) is 0 Å². The van der Waals surface area contributed by atoms with E-state index in [1.165, 1.54) is 13.0 Å². The number of carbonyl (C=O) groups excluding carboxylic acids is 1. The molecular weight excluding hydrogens is 207 g/mol. The zero-order valence-electron chi connectivity index (χ0n) is 9.04. The molecule has 1 N–H and O–H groups in total. The number of imidazole rings is 1. The monoisotopic (exact) mass is 218 g/mol. The molecular formula is C12H11FN2O. The number of halogens is 1. The van der Waals surface area contributed by atoms with E-state index in [1.807, 2.05) is 0 Å². The predicted molar refractivity (Wildman–Crippen MR) is 58.7 cm³/mol. The quantitative estimate of drug-likeness (QED) is 0.788. The summed E-state index contributed by atoms with van der Waals surface area (Å²) in [7, 11) is 0. The smallest absolute Gasteiger partial charge is 0.179 e. The number of nitrogens with zero attached hydrogens (tertiary/aromatic N) is 1. The zero-order valence-corrected chi connectivity index (χ0v) is 9.04. The molecule has 4 heteroatoms. The van der Waals surface area contributed by atoms with Gasteiger partial charge in [0, 0.05) is 12.6 Å². The summed E-state index contributed by atoms with van der Waals surface area (Å²) in [5.74, 6) is -0.0940. The van der Waals surface area contributed by atoms with Gasteiger partial charge in [-0.15, -0.1) is 0 Å². The van der Waals surface area contributed by atoms with E-state index in [4.69, 9.17) is 0 Å². The number of hydrogen-bond donors (Lipinski definition) is 1. The number of Topliss-reactive ketones (excluding diaryl/α,β-unsaturated/α-hetero) is 1. The molecule has 1 aromatic heterocycles. The fourth-order valence-corrected chi connectivity index (χ4v) is 1.58. The number of aryl methyl sites for hydroxylation is 1. The maximum Gasteiger partial charge on any atom is 0.179 e. The predicted octanol–water partition coefficient (Wildman–Crippen LogP) is 2.73. The van der Waals surface area contributed by atoms with Crippen LogP contribution in [0.25, 0.3) is 11.4 Å². The van der Waals surface area contributed by atoms with Crippen LogP contribution in [0.5, 0.6) is 0 Å². The Morgan fingerprint density at radius 3 is 2.62 bits per heavy atom. The molecule has 0 saturated heterocycles. The third-order valence-corrected chi connectivity index (χ3v) is 2.35. The van der Waals surface area contributed by atoms with E-state index in [0.29, 0.717) is 22.8 Å². The maximum absolute atomic E-state index is 13.5. The van der Waals surface area contributed by atoms with Gasteiger partial charge in [0.1, 0.15) is 17.3 Å². The highest BCUT2D eigenvalue weighted by Gasteiger charge is 2.13. The molecule has 1 heterocycles. The van der Waals surface area contributed by atoms with Crippen molar-refractivity contribution < 1.29 is 9.18 Å². The summed E-state index contributed by atoms with van der Waals surface area (Å²) < 4.78 is 13.5. The average molecular weight is 218 g/mol. The van der Waals surface area contributed by atoms with Gasteiger partial charge in [0.2, 0.25) is 0 Å². The number of ketones is 1. The van der Waals surface area contributed by atoms with Crippen molar-refractivity contribution in [2.45, 2.75) is 13.8 Å². The lowest BCUT2D eigenvalue weighted by molar-refractivity contribution is 0.101. The molecule has 2 aromatic rings. The van der Waals surface area contributed by atoms with Gasteiger partial charge in [0.05, 0.1) is 5.56 Å². The highest BCUT2D eigenvalue weighted by molar-refractivity contribution is 5.93. The van der Waals surface area contributed by atoms with E-state index in [9.17, 15) is 9.18 Å². The molecule has 0 aliphatic rings. The highest BCUT2D eigenvalue weighted by Crippen LogP contribution is 2.21. The number of nitrogens with one attached hydrogen (secondary N) is 1. The second kappa shape index (κ2) is 3.89. The highest BCUT2D eigenvalue weighted by atomic mass is 19.1. The first kappa shape index (κ1) is 10.5. The maximum atomic E-state index is 13.5. The summed E-state index contributed by atoms with van der Waals surface area (Å²) in [5.41, 5.74) is 1.39. The Morgan fingerprint density at radius 1 is 1.38 bits per heavy atom. The van der Waals surface area contributed by atoms with Gasteiger partial charge in [0.25, 0.3) is 0 Å². The fraction of sp³-hybridized carbons (Fsp3) is 0.167. The molecule has 0 spiro atoms. The average Bonchev–Trinajstić information content (AvgIpc) is 2.61. The van der Waals surface area contributed by atoms with E-state index >= 15 is 0 Å². The summed E-state index contributed by atoms with van der Waals surface area (Å²) >= 11 is 0. The van der Waals surface area contributed by atoms with Crippen LogP contribution in [-0.2, 0) is 0 Å². The Labute approximate surface area is 92.3 Å². The molecule has 0 bridgehead atoms. The Morgan fingerprint density at radius 2 is 2.06 bits per heavy atom. The van der Waals surface area contributed by atoms with E-state index in [-0.39, 0.29) is 11.6 Å². The first-order valence-electron chi connectivity index (χ1n) is 4.92. The molecule has 0 aliphatic carbocycles. The number of hydrogen-bond acceptors (Lipinski definition) is 2. The molecule has 0 atom stereocenters. The number of aromatic amines is 1. The Kier molecular flexibility index (Phi) is 2.56. The normalized spacial score (nSPS) is 10.4. The lowest BCUT2D eigenvalue weighted by Gasteiger charge is -1.97. The largest absolute Gasteiger partial charge is 0.341 e. The van der Waals surface area contributed by atoms with Crippen molar-refractivity contribution in [3.63, 3.8) is 0 Å². The van der Waals surface area contributed by atoms with Gasteiger partial charge in [-0.25, -0.2) is 9.37 Å². The molecule has 1 aromatic carbocycles. The number of rotatable bonds is 2. The summed E-state index contributed by atoms with van der Waals surface area (Å²) in [6.45, 7) is 3.18. The summed E-state index contributed by atoms with van der Waals surface area (Å²) in [4.78, 5) is 18.2. The molecule has 0 saturated carbocycles. The fourth-order valence-electron chi connectivity index (χ4n) is 1.58. The van der Waals surface area contributed by atoms with Crippen LogP contribution in [0.1, 0.15) is 23.1 Å².